The maximum Gasteiger partial charge on any atom is 0.509 e. The second kappa shape index (κ2) is 20.5. The Morgan fingerprint density at radius 2 is 1.63 bits per heavy atom. The van der Waals surface area contributed by atoms with Crippen LogP contribution in [0.25, 0.3) is 0 Å². The summed E-state index contributed by atoms with van der Waals surface area (Å²) in [5.41, 5.74) is -3.84. The molecular weight excluding hydrogens is 784 g/mol. The lowest BCUT2D eigenvalue weighted by molar-refractivity contribution is -0.321. The van der Waals surface area contributed by atoms with Crippen molar-refractivity contribution in [3.05, 3.63) is 0 Å². The molecule has 0 aromatic rings. The molecule has 0 unspecified atom stereocenters. The van der Waals surface area contributed by atoms with Gasteiger partial charge in [-0.1, -0.05) is 20.8 Å². The molecule has 4 aliphatic rings. The van der Waals surface area contributed by atoms with Gasteiger partial charge in [0.05, 0.1) is 60.8 Å². The van der Waals surface area contributed by atoms with Gasteiger partial charge in [0.2, 0.25) is 0 Å². The quantitative estimate of drug-likeness (QED) is 0.226. The van der Waals surface area contributed by atoms with Crippen LogP contribution in [0.3, 0.4) is 0 Å². The molecule has 0 aliphatic carbocycles. The van der Waals surface area contributed by atoms with Crippen LogP contribution in [0.4, 0.5) is 4.79 Å². The third kappa shape index (κ3) is 11.3. The van der Waals surface area contributed by atoms with Crippen LogP contribution in [0, 0.1) is 17.8 Å². The molecule has 4 saturated heterocycles. The molecule has 60 heavy (non-hydrogen) atoms. The van der Waals surface area contributed by atoms with Gasteiger partial charge in [-0.15, -0.1) is 0 Å². The molecule has 17 heteroatoms. The van der Waals surface area contributed by atoms with E-state index in [1.54, 1.807) is 27.9 Å². The molecule has 0 bridgehead atoms. The predicted octanol–water partition coefficient (Wildman–Crippen LogP) is 3.67. The first-order valence-corrected chi connectivity index (χ1v) is 21.7. The molecule has 0 aromatic heterocycles. The molecule has 0 saturated carbocycles. The monoisotopic (exact) mass is 861 g/mol. The van der Waals surface area contributed by atoms with Crippen molar-refractivity contribution < 1.29 is 72.0 Å². The molecule has 0 amide bonds. The fourth-order valence-electron chi connectivity index (χ4n) is 10.1. The molecule has 17 nitrogen and oxygen atoms in total. The third-order valence-corrected chi connectivity index (χ3v) is 13.3. The van der Waals surface area contributed by atoms with Crippen LogP contribution >= 0.6 is 0 Å². The molecule has 4 heterocycles. The van der Waals surface area contributed by atoms with Crippen molar-refractivity contribution in [2.75, 3.05) is 48.0 Å². The number of rotatable bonds is 11. The summed E-state index contributed by atoms with van der Waals surface area (Å²) in [4.78, 5) is 44.1. The summed E-state index contributed by atoms with van der Waals surface area (Å²) >= 11 is 0. The van der Waals surface area contributed by atoms with E-state index in [9.17, 15) is 24.6 Å². The normalized spacial score (nSPS) is 45.1. The maximum atomic E-state index is 14.6. The highest BCUT2D eigenvalue weighted by Gasteiger charge is 2.58. The number of hydrogen-bond acceptors (Lipinski definition) is 17. The van der Waals surface area contributed by atoms with Crippen molar-refractivity contribution in [2.24, 2.45) is 17.8 Å². The standard InChI is InChI=1S/C43H76N2O15/c1-16-31-43(11)36(59-40(49)60-43)27(6)45(14)22-23(2)20-41(9,50)35(58-39-34(55-29(8)47)30(44(12)13)19-24(3)53-39)25(4)33(26(5)38(48)56-31)57-32-21-42(10,51-15)37(28(7)54-32)52-18-17-46/h23-28,30-37,39,46,50H,16-22H2,1-15H3/t23-,24-,25+,26-,27-,28+,30+,31-,32+,33+,34-,35-,36+,37+,39+,41-,42-,43-/m1/s1. The van der Waals surface area contributed by atoms with Crippen molar-refractivity contribution in [3.63, 3.8) is 0 Å². The van der Waals surface area contributed by atoms with Gasteiger partial charge in [0.15, 0.2) is 30.4 Å². The number of ether oxygens (including phenoxy) is 10. The van der Waals surface area contributed by atoms with E-state index in [1.165, 1.54) is 6.92 Å². The van der Waals surface area contributed by atoms with Gasteiger partial charge < -0.3 is 62.5 Å². The number of fused-ring (bicyclic) bond motifs is 1. The van der Waals surface area contributed by atoms with Crippen LogP contribution in [0.15, 0.2) is 0 Å². The van der Waals surface area contributed by atoms with Crippen molar-refractivity contribution in [1.82, 2.24) is 9.80 Å². The molecule has 4 fully saturated rings. The van der Waals surface area contributed by atoms with Crippen LogP contribution in [0.5, 0.6) is 0 Å². The van der Waals surface area contributed by atoms with Crippen LogP contribution in [0.2, 0.25) is 0 Å². The Labute approximate surface area is 357 Å². The summed E-state index contributed by atoms with van der Waals surface area (Å²) in [5.74, 6) is -3.09. The molecule has 0 aromatic carbocycles. The molecule has 2 N–H and O–H groups in total. The number of aliphatic hydroxyl groups is 2. The number of methoxy groups -OCH3 is 1. The van der Waals surface area contributed by atoms with Crippen LogP contribution in [0.1, 0.15) is 102 Å². The van der Waals surface area contributed by atoms with Gasteiger partial charge in [-0.3, -0.25) is 14.5 Å². The topological polar surface area (TPSA) is 190 Å². The zero-order chi connectivity index (χ0) is 45.1. The fourth-order valence-corrected chi connectivity index (χ4v) is 10.1. The molecule has 4 aliphatic heterocycles. The number of cyclic esters (lactones) is 1. The minimum absolute atomic E-state index is 0.0794. The van der Waals surface area contributed by atoms with E-state index in [0.29, 0.717) is 19.4 Å². The van der Waals surface area contributed by atoms with Gasteiger partial charge in [-0.2, -0.15) is 0 Å². The second-order valence-electron chi connectivity index (χ2n) is 18.7. The first-order valence-electron chi connectivity index (χ1n) is 21.7. The minimum atomic E-state index is -1.60. The molecule has 4 rings (SSSR count). The number of likely N-dealkylation sites (N-methyl/N-ethyl adjacent to an activating group) is 2. The van der Waals surface area contributed by atoms with Gasteiger partial charge in [0.1, 0.15) is 12.2 Å². The van der Waals surface area contributed by atoms with Gasteiger partial charge in [-0.05, 0) is 94.8 Å². The second-order valence-corrected chi connectivity index (χ2v) is 18.7. The first-order chi connectivity index (χ1) is 27.9. The highest BCUT2D eigenvalue weighted by atomic mass is 16.8. The van der Waals surface area contributed by atoms with E-state index in [1.807, 2.05) is 79.4 Å². The summed E-state index contributed by atoms with van der Waals surface area (Å²) in [7, 11) is 7.29. The average molecular weight is 861 g/mol. The Balaban J connectivity index is 1.86. The SMILES string of the molecule is CC[C@H]1OC(=O)[C@H](C)[C@@H](O[C@H]2C[C@@](C)(OC)[C@@H](OCCO)[C@H](C)O2)[C@H](C)[C@@H](O[C@@H]2O[C@H](C)C[C@H](N(C)C)[C@H]2OC(C)=O)[C@](C)(O)C[C@@H](C)CN(C)[C@H](C)[C@@H]2OC(=O)O[C@]12C. The Kier molecular flexibility index (Phi) is 17.3. The van der Waals surface area contributed by atoms with Crippen molar-refractivity contribution in [3.8, 4) is 0 Å². The van der Waals surface area contributed by atoms with E-state index in [4.69, 9.17) is 47.4 Å². The van der Waals surface area contributed by atoms with E-state index in [0.717, 1.165) is 0 Å². The van der Waals surface area contributed by atoms with Crippen LogP contribution in [-0.2, 0) is 57.0 Å². The lowest BCUT2D eigenvalue weighted by Gasteiger charge is -2.49. The summed E-state index contributed by atoms with van der Waals surface area (Å²) in [5, 5.41) is 22.4. The van der Waals surface area contributed by atoms with E-state index in [2.05, 4.69) is 0 Å². The van der Waals surface area contributed by atoms with Crippen molar-refractivity contribution in [2.45, 2.75) is 192 Å². The average Bonchev–Trinajstić information content (AvgIpc) is 3.47. The summed E-state index contributed by atoms with van der Waals surface area (Å²) in [6.07, 6.45) is -7.66. The van der Waals surface area contributed by atoms with Crippen LogP contribution < -0.4 is 0 Å². The van der Waals surface area contributed by atoms with Gasteiger partial charge in [-0.25, -0.2) is 4.79 Å². The lowest BCUT2D eigenvalue weighted by Crippen LogP contribution is -2.61. The Morgan fingerprint density at radius 1 is 0.967 bits per heavy atom. The van der Waals surface area contributed by atoms with E-state index in [-0.39, 0.29) is 50.2 Å². The zero-order valence-corrected chi connectivity index (χ0v) is 38.7. The third-order valence-electron chi connectivity index (χ3n) is 13.3. The molecule has 0 radical (unpaired) electrons. The van der Waals surface area contributed by atoms with Gasteiger partial charge >= 0.3 is 18.1 Å². The van der Waals surface area contributed by atoms with Crippen molar-refractivity contribution >= 4 is 18.1 Å². The molecule has 348 valence electrons. The first kappa shape index (κ1) is 50.5. The smallest absolute Gasteiger partial charge is 0.458 e. The molecule has 0 spiro atoms. The Hall–Kier alpha value is -2.19. The number of esters is 2. The summed E-state index contributed by atoms with van der Waals surface area (Å²) in [6.45, 7) is 20.1. The number of carbonyl (C=O) groups is 3. The number of carbonyl (C=O) groups excluding carboxylic acids is 3. The lowest BCUT2D eigenvalue weighted by atomic mass is 9.77. The highest BCUT2D eigenvalue weighted by Crippen LogP contribution is 2.42. The highest BCUT2D eigenvalue weighted by molar-refractivity contribution is 5.73. The van der Waals surface area contributed by atoms with Crippen molar-refractivity contribution in [1.29, 1.82) is 0 Å². The van der Waals surface area contributed by atoms with E-state index < -0.39 is 102 Å². The van der Waals surface area contributed by atoms with Gasteiger partial charge in [0, 0.05) is 39.0 Å². The number of hydrogen-bond donors (Lipinski definition) is 2. The minimum Gasteiger partial charge on any atom is -0.458 e. The number of aliphatic hydroxyl groups excluding tert-OH is 1. The predicted molar refractivity (Wildman–Crippen MR) is 218 cm³/mol. The summed E-state index contributed by atoms with van der Waals surface area (Å²) < 4.78 is 62.7. The molecule has 18 atom stereocenters. The largest absolute Gasteiger partial charge is 0.509 e. The molecular formula is C43H76N2O15. The van der Waals surface area contributed by atoms with E-state index >= 15 is 0 Å². The summed E-state index contributed by atoms with van der Waals surface area (Å²) in [6, 6.07) is -0.644. The van der Waals surface area contributed by atoms with Crippen LogP contribution in [-0.4, -0.2) is 176 Å². The number of nitrogens with zero attached hydrogens (tertiary/aromatic N) is 2. The maximum absolute atomic E-state index is 14.6. The Bertz CT molecular complexity index is 1440. The van der Waals surface area contributed by atoms with Gasteiger partial charge in [0.25, 0.3) is 0 Å². The zero-order valence-electron chi connectivity index (χ0n) is 38.7. The Morgan fingerprint density at radius 3 is 2.22 bits per heavy atom. The fraction of sp³-hybridized carbons (Fsp3) is 0.930.